The van der Waals surface area contributed by atoms with Gasteiger partial charge in [-0.2, -0.15) is 0 Å². The van der Waals surface area contributed by atoms with E-state index in [2.05, 4.69) is 58.1 Å². The zero-order chi connectivity index (χ0) is 33.3. The Bertz CT molecular complexity index is 1350. The number of anilines is 2. The molecule has 0 aliphatic rings. The van der Waals surface area contributed by atoms with Crippen LogP contribution in [0.1, 0.15) is 53.4 Å². The Morgan fingerprint density at radius 2 is 1.07 bits per heavy atom. The number of aliphatic hydroxyl groups excluding tert-OH is 2. The van der Waals surface area contributed by atoms with E-state index >= 15 is 0 Å². The molecule has 4 N–H and O–H groups in total. The molecule has 2 aromatic heterocycles. The molecule has 0 bridgehead atoms. The quantitative estimate of drug-likeness (QED) is 0.0861. The molecule has 8 nitrogen and oxygen atoms in total. The molecule has 252 valence electrons. The normalized spacial score (nSPS) is 12.7. The van der Waals surface area contributed by atoms with E-state index in [1.165, 1.54) is 0 Å². The van der Waals surface area contributed by atoms with Crippen molar-refractivity contribution in [3.05, 3.63) is 71.0 Å². The van der Waals surface area contributed by atoms with Crippen molar-refractivity contribution in [2.75, 3.05) is 63.1 Å². The second kappa shape index (κ2) is 20.5. The highest BCUT2D eigenvalue weighted by atomic mass is 35.5. The second-order valence-electron chi connectivity index (χ2n) is 11.7. The molecule has 0 spiro atoms. The molecule has 2 heterocycles. The average Bonchev–Trinajstić information content (AvgIpc) is 3.04. The summed E-state index contributed by atoms with van der Waals surface area (Å²) in [6.07, 6.45) is 8.01. The van der Waals surface area contributed by atoms with E-state index in [1.54, 1.807) is 0 Å². The van der Waals surface area contributed by atoms with Gasteiger partial charge in [-0.15, -0.1) is 0 Å². The number of pyridine rings is 2. The highest BCUT2D eigenvalue weighted by molar-refractivity contribution is 6.31. The Balaban J connectivity index is 0.000000250. The maximum atomic E-state index is 9.02. The summed E-state index contributed by atoms with van der Waals surface area (Å²) < 4.78 is 0. The zero-order valence-corrected chi connectivity index (χ0v) is 29.4. The fraction of sp³-hybridized carbons (Fsp3) is 0.500. The molecule has 0 saturated carbocycles. The van der Waals surface area contributed by atoms with Gasteiger partial charge in [-0.25, -0.2) is 0 Å². The smallest absolute Gasteiger partial charge is 0.0737 e. The minimum Gasteiger partial charge on any atom is -0.395 e. The summed E-state index contributed by atoms with van der Waals surface area (Å²) in [6.45, 7) is 14.6. The third kappa shape index (κ3) is 12.5. The first-order valence-corrected chi connectivity index (χ1v) is 17.3. The first-order chi connectivity index (χ1) is 22.3. The summed E-state index contributed by atoms with van der Waals surface area (Å²) in [5, 5.41) is 28.8. The molecule has 0 amide bonds. The van der Waals surface area contributed by atoms with Crippen LogP contribution < -0.4 is 10.6 Å². The summed E-state index contributed by atoms with van der Waals surface area (Å²) in [5.74, 6) is 0. The van der Waals surface area contributed by atoms with Crippen molar-refractivity contribution in [1.29, 1.82) is 0 Å². The van der Waals surface area contributed by atoms with Crippen molar-refractivity contribution >= 4 is 56.4 Å². The largest absolute Gasteiger partial charge is 0.395 e. The van der Waals surface area contributed by atoms with E-state index in [-0.39, 0.29) is 13.2 Å². The lowest BCUT2D eigenvalue weighted by Gasteiger charge is -2.21. The van der Waals surface area contributed by atoms with Crippen LogP contribution >= 0.6 is 23.2 Å². The van der Waals surface area contributed by atoms with Gasteiger partial charge in [0, 0.05) is 69.8 Å². The predicted octanol–water partition coefficient (Wildman–Crippen LogP) is 7.57. The molecule has 46 heavy (non-hydrogen) atoms. The molecule has 0 aliphatic carbocycles. The number of hydrogen-bond acceptors (Lipinski definition) is 8. The van der Waals surface area contributed by atoms with Gasteiger partial charge in [0.1, 0.15) is 0 Å². The topological polar surface area (TPSA) is 96.8 Å². The first kappa shape index (κ1) is 37.7. The van der Waals surface area contributed by atoms with Crippen molar-refractivity contribution in [2.45, 2.75) is 65.5 Å². The molecule has 2 atom stereocenters. The molecule has 0 radical (unpaired) electrons. The molecular formula is C36H52Cl2N6O2. The number of aliphatic hydroxyl groups is 2. The Morgan fingerprint density at radius 3 is 1.43 bits per heavy atom. The van der Waals surface area contributed by atoms with Gasteiger partial charge in [0.15, 0.2) is 0 Å². The molecule has 10 heteroatoms. The van der Waals surface area contributed by atoms with E-state index in [0.717, 1.165) is 98.1 Å². The Kier molecular flexibility index (Phi) is 16.8. The van der Waals surface area contributed by atoms with Crippen LogP contribution in [-0.2, 0) is 0 Å². The maximum Gasteiger partial charge on any atom is 0.0737 e. The Hall–Kier alpha value is -2.72. The standard InChI is InChI=1S/2C18H26ClN3O/c2*1-3-22(11-12-23)10-4-5-14(2)21-17-8-9-20-18-13-15(19)6-7-16(17)18/h2*6-9,13-14,23H,3-5,10-12H2,1-2H3,(H,20,21). The first-order valence-electron chi connectivity index (χ1n) is 16.6. The van der Waals surface area contributed by atoms with E-state index < -0.39 is 0 Å². The third-order valence-electron chi connectivity index (χ3n) is 8.16. The van der Waals surface area contributed by atoms with Crippen molar-refractivity contribution in [1.82, 2.24) is 19.8 Å². The lowest BCUT2D eigenvalue weighted by Crippen LogP contribution is -2.28. The van der Waals surface area contributed by atoms with Crippen molar-refractivity contribution in [3.63, 3.8) is 0 Å². The van der Waals surface area contributed by atoms with E-state index in [9.17, 15) is 0 Å². The van der Waals surface area contributed by atoms with Gasteiger partial charge in [-0.1, -0.05) is 37.0 Å². The summed E-state index contributed by atoms with van der Waals surface area (Å²) >= 11 is 12.1. The molecule has 4 rings (SSSR count). The van der Waals surface area contributed by atoms with E-state index in [1.807, 2.05) is 60.9 Å². The number of rotatable bonds is 18. The van der Waals surface area contributed by atoms with Crippen molar-refractivity contribution in [3.8, 4) is 0 Å². The van der Waals surface area contributed by atoms with Crippen molar-refractivity contribution < 1.29 is 10.2 Å². The third-order valence-corrected chi connectivity index (χ3v) is 8.63. The van der Waals surface area contributed by atoms with E-state index in [4.69, 9.17) is 33.4 Å². The van der Waals surface area contributed by atoms with Gasteiger partial charge in [-0.3, -0.25) is 9.97 Å². The molecule has 2 unspecified atom stereocenters. The van der Waals surface area contributed by atoms with Gasteiger partial charge in [0.25, 0.3) is 0 Å². The Morgan fingerprint density at radius 1 is 0.652 bits per heavy atom. The van der Waals surface area contributed by atoms with Crippen LogP contribution in [0.2, 0.25) is 10.0 Å². The second-order valence-corrected chi connectivity index (χ2v) is 12.6. The van der Waals surface area contributed by atoms with Crippen LogP contribution in [0, 0.1) is 0 Å². The fourth-order valence-corrected chi connectivity index (χ4v) is 5.88. The monoisotopic (exact) mass is 670 g/mol. The zero-order valence-electron chi connectivity index (χ0n) is 27.9. The number of aromatic nitrogens is 2. The lowest BCUT2D eigenvalue weighted by molar-refractivity contribution is 0.199. The van der Waals surface area contributed by atoms with Crippen LogP contribution in [0.5, 0.6) is 0 Å². The van der Waals surface area contributed by atoms with E-state index in [0.29, 0.717) is 22.1 Å². The molecule has 0 fully saturated rings. The van der Waals surface area contributed by atoms with Gasteiger partial charge >= 0.3 is 0 Å². The van der Waals surface area contributed by atoms with Gasteiger partial charge in [0.05, 0.1) is 24.2 Å². The van der Waals surface area contributed by atoms with Crippen LogP contribution in [-0.4, -0.2) is 94.5 Å². The molecule has 2 aromatic carbocycles. The SMILES string of the molecule is CCN(CCO)CCCC(C)Nc1ccnc2cc(Cl)ccc12.CCN(CCO)CCCC(C)Nc1ccnc2cc(Cl)ccc12. The van der Waals surface area contributed by atoms with Gasteiger partial charge < -0.3 is 30.6 Å². The number of nitrogens with zero attached hydrogens (tertiary/aromatic N) is 4. The number of benzene rings is 2. The van der Waals surface area contributed by atoms with Crippen LogP contribution in [0.15, 0.2) is 60.9 Å². The molecule has 0 aliphatic heterocycles. The fourth-order valence-electron chi connectivity index (χ4n) is 5.55. The van der Waals surface area contributed by atoms with Crippen LogP contribution in [0.3, 0.4) is 0 Å². The van der Waals surface area contributed by atoms with Gasteiger partial charge in [0.2, 0.25) is 0 Å². The Labute approximate surface area is 285 Å². The number of fused-ring (bicyclic) bond motifs is 2. The summed E-state index contributed by atoms with van der Waals surface area (Å²) in [4.78, 5) is 13.3. The minimum absolute atomic E-state index is 0.229. The lowest BCUT2D eigenvalue weighted by atomic mass is 10.1. The number of halogens is 2. The molecular weight excluding hydrogens is 619 g/mol. The maximum absolute atomic E-state index is 9.02. The predicted molar refractivity (Wildman–Crippen MR) is 197 cm³/mol. The molecule has 4 aromatic rings. The number of likely N-dealkylation sites (N-methyl/N-ethyl adjacent to an activating group) is 2. The number of nitrogens with one attached hydrogen (secondary N) is 2. The van der Waals surface area contributed by atoms with Crippen molar-refractivity contribution in [2.24, 2.45) is 0 Å². The highest BCUT2D eigenvalue weighted by Crippen LogP contribution is 2.26. The summed E-state index contributed by atoms with van der Waals surface area (Å²) in [5.41, 5.74) is 4.02. The van der Waals surface area contributed by atoms with Gasteiger partial charge in [-0.05, 0) is 114 Å². The summed E-state index contributed by atoms with van der Waals surface area (Å²) in [6, 6.07) is 16.4. The highest BCUT2D eigenvalue weighted by Gasteiger charge is 2.10. The van der Waals surface area contributed by atoms with Crippen LogP contribution in [0.25, 0.3) is 21.8 Å². The summed E-state index contributed by atoms with van der Waals surface area (Å²) in [7, 11) is 0. The minimum atomic E-state index is 0.229. The average molecular weight is 672 g/mol. The van der Waals surface area contributed by atoms with Crippen LogP contribution in [0.4, 0.5) is 11.4 Å². The number of hydrogen-bond donors (Lipinski definition) is 4. The molecule has 0 saturated heterocycles.